The Morgan fingerprint density at radius 3 is 2.22 bits per heavy atom. The van der Waals surface area contributed by atoms with Crippen molar-refractivity contribution in [3.63, 3.8) is 0 Å². The number of hydrogen-bond donors (Lipinski definition) is 0. The molecule has 9 nitrogen and oxygen atoms in total. The zero-order valence-electron chi connectivity index (χ0n) is 18.5. The summed E-state index contributed by atoms with van der Waals surface area (Å²) in [7, 11) is 5.06. The van der Waals surface area contributed by atoms with Crippen LogP contribution in [0.1, 0.15) is 16.1 Å². The summed E-state index contributed by atoms with van der Waals surface area (Å²) < 4.78 is 17.7. The molecule has 1 aromatic heterocycles. The number of hydrogen-bond acceptors (Lipinski definition) is 8. The predicted molar refractivity (Wildman–Crippen MR) is 120 cm³/mol. The van der Waals surface area contributed by atoms with Gasteiger partial charge < -0.3 is 24.0 Å². The van der Waals surface area contributed by atoms with Crippen LogP contribution >= 0.6 is 0 Å². The lowest BCUT2D eigenvalue weighted by atomic mass is 10.2. The molecular weight excluding hydrogens is 410 g/mol. The maximum atomic E-state index is 12.2. The third-order valence-corrected chi connectivity index (χ3v) is 5.48. The number of anilines is 1. The van der Waals surface area contributed by atoms with Crippen molar-refractivity contribution in [2.24, 2.45) is 0 Å². The first-order chi connectivity index (χ1) is 15.6. The lowest BCUT2D eigenvalue weighted by Gasteiger charge is -2.34. The van der Waals surface area contributed by atoms with Crippen molar-refractivity contribution in [1.82, 2.24) is 19.9 Å². The van der Waals surface area contributed by atoms with Crippen molar-refractivity contribution in [3.05, 3.63) is 59.8 Å². The van der Waals surface area contributed by atoms with Gasteiger partial charge in [-0.15, -0.1) is 5.10 Å². The molecule has 0 unspecified atom stereocenters. The van der Waals surface area contributed by atoms with Crippen LogP contribution < -0.4 is 14.4 Å². The fraction of sp³-hybridized carbons (Fsp3) is 0.348. The summed E-state index contributed by atoms with van der Waals surface area (Å²) in [6.07, 6.45) is 0. The number of benzene rings is 2. The molecule has 0 saturated carbocycles. The summed E-state index contributed by atoms with van der Waals surface area (Å²) in [6, 6.07) is 15.4. The maximum Gasteiger partial charge on any atom is 0.364 e. The third-order valence-electron chi connectivity index (χ3n) is 5.48. The van der Waals surface area contributed by atoms with Gasteiger partial charge in [-0.2, -0.15) is 0 Å². The minimum Gasteiger partial charge on any atom is -0.497 e. The van der Waals surface area contributed by atoms with Gasteiger partial charge in [0.05, 0.1) is 20.8 Å². The highest BCUT2D eigenvalue weighted by atomic mass is 16.5. The van der Waals surface area contributed by atoms with E-state index in [2.05, 4.69) is 27.2 Å². The highest BCUT2D eigenvalue weighted by Crippen LogP contribution is 2.28. The summed E-state index contributed by atoms with van der Waals surface area (Å²) in [5.74, 6) is 0.987. The zero-order valence-corrected chi connectivity index (χ0v) is 18.5. The Morgan fingerprint density at radius 2 is 1.59 bits per heavy atom. The van der Waals surface area contributed by atoms with E-state index in [4.69, 9.17) is 14.2 Å². The lowest BCUT2D eigenvalue weighted by Crippen LogP contribution is -2.44. The van der Waals surface area contributed by atoms with Crippen molar-refractivity contribution in [2.45, 2.75) is 6.54 Å². The molecule has 1 fully saturated rings. The van der Waals surface area contributed by atoms with E-state index in [9.17, 15) is 4.79 Å². The molecule has 1 aliphatic heterocycles. The monoisotopic (exact) mass is 437 g/mol. The second-order valence-corrected chi connectivity index (χ2v) is 7.63. The Hall–Kier alpha value is -3.59. The quantitative estimate of drug-likeness (QED) is 0.522. The molecule has 0 atom stereocenters. The smallest absolute Gasteiger partial charge is 0.364 e. The number of nitrogens with zero attached hydrogens (tertiary/aromatic N) is 5. The van der Waals surface area contributed by atoms with Crippen LogP contribution in [0.2, 0.25) is 0 Å². The molecule has 32 heavy (non-hydrogen) atoms. The van der Waals surface area contributed by atoms with E-state index in [0.29, 0.717) is 12.3 Å². The molecule has 168 valence electrons. The molecule has 0 amide bonds. The molecule has 0 aliphatic carbocycles. The van der Waals surface area contributed by atoms with E-state index in [1.54, 1.807) is 11.8 Å². The molecule has 0 spiro atoms. The summed E-state index contributed by atoms with van der Waals surface area (Å²) in [4.78, 5) is 16.9. The summed E-state index contributed by atoms with van der Waals surface area (Å²) >= 11 is 0. The summed E-state index contributed by atoms with van der Waals surface area (Å²) in [5, 5.41) is 8.10. The van der Waals surface area contributed by atoms with Gasteiger partial charge in [0.15, 0.2) is 0 Å². The van der Waals surface area contributed by atoms with Crippen molar-refractivity contribution in [2.75, 3.05) is 52.3 Å². The molecule has 0 bridgehead atoms. The zero-order chi connectivity index (χ0) is 22.5. The van der Waals surface area contributed by atoms with Gasteiger partial charge in [-0.05, 0) is 49.0 Å². The molecule has 0 radical (unpaired) electrons. The number of methoxy groups -OCH3 is 2. The molecule has 4 rings (SSSR count). The second-order valence-electron chi connectivity index (χ2n) is 7.63. The van der Waals surface area contributed by atoms with E-state index in [-0.39, 0.29) is 11.6 Å². The molecule has 2 aromatic carbocycles. The number of aromatic nitrogens is 3. The predicted octanol–water partition coefficient (Wildman–Crippen LogP) is 2.67. The van der Waals surface area contributed by atoms with Gasteiger partial charge in [0.1, 0.15) is 11.5 Å². The van der Waals surface area contributed by atoms with Crippen molar-refractivity contribution < 1.29 is 19.0 Å². The van der Waals surface area contributed by atoms with E-state index >= 15 is 0 Å². The Labute approximate surface area is 187 Å². The number of rotatable bonds is 7. The van der Waals surface area contributed by atoms with E-state index in [1.165, 1.54) is 7.11 Å². The van der Waals surface area contributed by atoms with Crippen LogP contribution in [0.5, 0.6) is 17.4 Å². The molecule has 2 heterocycles. The first-order valence-electron chi connectivity index (χ1n) is 10.4. The number of likely N-dealkylation sites (N-methyl/N-ethyl adjacent to an activating group) is 1. The largest absolute Gasteiger partial charge is 0.497 e. The van der Waals surface area contributed by atoms with Gasteiger partial charge in [0.25, 0.3) is 5.88 Å². The third kappa shape index (κ3) is 4.83. The van der Waals surface area contributed by atoms with Gasteiger partial charge in [-0.25, -0.2) is 9.48 Å². The summed E-state index contributed by atoms with van der Waals surface area (Å²) in [5.41, 5.74) is 2.13. The highest BCUT2D eigenvalue weighted by Gasteiger charge is 2.23. The Kier molecular flexibility index (Phi) is 6.55. The fourth-order valence-corrected chi connectivity index (χ4v) is 3.54. The summed E-state index contributed by atoms with van der Waals surface area (Å²) in [6.45, 7) is 4.43. The van der Waals surface area contributed by atoms with Gasteiger partial charge in [-0.1, -0.05) is 17.3 Å². The van der Waals surface area contributed by atoms with Crippen LogP contribution in [0.4, 0.5) is 5.69 Å². The van der Waals surface area contributed by atoms with Crippen LogP contribution in [-0.2, 0) is 11.3 Å². The minimum atomic E-state index is -0.602. The SMILES string of the molecule is COC(=O)c1nnn(Cc2ccc(OC)cc2)c1Oc1ccc(N2CCN(C)CC2)cc1. The Morgan fingerprint density at radius 1 is 0.938 bits per heavy atom. The average Bonchev–Trinajstić information content (AvgIpc) is 3.22. The van der Waals surface area contributed by atoms with Gasteiger partial charge >= 0.3 is 5.97 Å². The second kappa shape index (κ2) is 9.69. The van der Waals surface area contributed by atoms with Crippen molar-refractivity contribution in [1.29, 1.82) is 0 Å². The number of carbonyl (C=O) groups is 1. The van der Waals surface area contributed by atoms with Gasteiger partial charge in [0.2, 0.25) is 5.69 Å². The van der Waals surface area contributed by atoms with E-state index in [0.717, 1.165) is 43.2 Å². The first kappa shape index (κ1) is 21.6. The molecule has 9 heteroatoms. The van der Waals surface area contributed by atoms with Crippen LogP contribution in [0.25, 0.3) is 0 Å². The fourth-order valence-electron chi connectivity index (χ4n) is 3.54. The number of esters is 1. The number of ether oxygens (including phenoxy) is 3. The van der Waals surface area contributed by atoms with Crippen LogP contribution in [0, 0.1) is 0 Å². The number of carbonyl (C=O) groups excluding carboxylic acids is 1. The lowest BCUT2D eigenvalue weighted by molar-refractivity contribution is 0.0590. The number of piperazine rings is 1. The van der Waals surface area contributed by atoms with Crippen LogP contribution in [-0.4, -0.2) is 73.3 Å². The Bertz CT molecular complexity index is 1040. The minimum absolute atomic E-state index is 0.0316. The van der Waals surface area contributed by atoms with E-state index in [1.807, 2.05) is 48.5 Å². The molecule has 1 aliphatic rings. The van der Waals surface area contributed by atoms with Gasteiger partial charge in [0, 0.05) is 31.9 Å². The topological polar surface area (TPSA) is 81.9 Å². The van der Waals surface area contributed by atoms with Crippen LogP contribution in [0.15, 0.2) is 48.5 Å². The van der Waals surface area contributed by atoms with Crippen molar-refractivity contribution in [3.8, 4) is 17.4 Å². The average molecular weight is 438 g/mol. The van der Waals surface area contributed by atoms with Crippen LogP contribution in [0.3, 0.4) is 0 Å². The standard InChI is InChI=1S/C23H27N5O4/c1-26-12-14-27(15-13-26)18-6-10-20(11-7-18)32-22-21(23(29)31-3)24-25-28(22)16-17-4-8-19(30-2)9-5-17/h4-11H,12-16H2,1-3H3. The van der Waals surface area contributed by atoms with Gasteiger partial charge in [-0.3, -0.25) is 0 Å². The Balaban J connectivity index is 1.54. The normalized spacial score (nSPS) is 14.3. The van der Waals surface area contributed by atoms with Crippen molar-refractivity contribution >= 4 is 11.7 Å². The maximum absolute atomic E-state index is 12.2. The molecule has 3 aromatic rings. The highest BCUT2D eigenvalue weighted by molar-refractivity contribution is 5.89. The molecule has 0 N–H and O–H groups in total. The van der Waals surface area contributed by atoms with E-state index < -0.39 is 5.97 Å². The molecular formula is C23H27N5O4. The molecule has 1 saturated heterocycles. The first-order valence-corrected chi connectivity index (χ1v) is 10.4.